The second-order valence-electron chi connectivity index (χ2n) is 3.05. The fourth-order valence-electron chi connectivity index (χ4n) is 1.36. The molecule has 0 aliphatic heterocycles. The lowest BCUT2D eigenvalue weighted by Gasteiger charge is -2.05. The summed E-state index contributed by atoms with van der Waals surface area (Å²) < 4.78 is 11.7. The lowest BCUT2D eigenvalue weighted by Crippen LogP contribution is -2.05. The lowest BCUT2D eigenvalue weighted by molar-refractivity contribution is -0.0413. The van der Waals surface area contributed by atoms with E-state index in [1.54, 1.807) is 11.8 Å². The first-order chi connectivity index (χ1) is 6.70. The smallest absolute Gasteiger partial charge is 0.146 e. The van der Waals surface area contributed by atoms with Crippen molar-refractivity contribution in [2.45, 2.75) is 20.1 Å². The van der Waals surface area contributed by atoms with E-state index in [9.17, 15) is 0 Å². The van der Waals surface area contributed by atoms with Crippen molar-refractivity contribution in [1.82, 2.24) is 9.78 Å². The molecule has 1 aromatic rings. The molecule has 0 saturated heterocycles. The van der Waals surface area contributed by atoms with Gasteiger partial charge in [-0.25, -0.2) is 0 Å². The Labute approximate surface area is 83.2 Å². The van der Waals surface area contributed by atoms with Gasteiger partial charge in [0.05, 0.1) is 24.6 Å². The highest BCUT2D eigenvalue weighted by Gasteiger charge is 2.11. The van der Waals surface area contributed by atoms with Gasteiger partial charge in [-0.05, 0) is 6.92 Å². The van der Waals surface area contributed by atoms with Gasteiger partial charge in [0.2, 0.25) is 0 Å². The van der Waals surface area contributed by atoms with Crippen LogP contribution in [0.2, 0.25) is 0 Å². The number of aryl methyl sites for hydroxylation is 2. The Bertz CT molecular complexity index is 296. The highest BCUT2D eigenvalue weighted by atomic mass is 16.7. The average molecular weight is 200 g/mol. The Kier molecular flexibility index (Phi) is 4.06. The summed E-state index contributed by atoms with van der Waals surface area (Å²) in [5, 5.41) is 13.3. The normalized spacial score (nSPS) is 10.9. The van der Waals surface area contributed by atoms with Crippen molar-refractivity contribution < 1.29 is 14.6 Å². The molecule has 1 rings (SSSR count). The Morgan fingerprint density at radius 3 is 2.79 bits per heavy atom. The van der Waals surface area contributed by atoms with Crippen LogP contribution in [0.25, 0.3) is 0 Å². The van der Waals surface area contributed by atoms with Crippen LogP contribution in [0.15, 0.2) is 0 Å². The molecule has 5 nitrogen and oxygen atoms in total. The SMILES string of the molecule is COCOCc1c(CO)c(C)nn1C. The number of aliphatic hydroxyl groups excluding tert-OH is 1. The van der Waals surface area contributed by atoms with Gasteiger partial charge in [0.15, 0.2) is 0 Å². The van der Waals surface area contributed by atoms with E-state index in [0.717, 1.165) is 17.0 Å². The molecule has 0 aromatic carbocycles. The molecule has 0 aliphatic carbocycles. The molecular formula is C9H16N2O3. The summed E-state index contributed by atoms with van der Waals surface area (Å²) in [4.78, 5) is 0. The zero-order valence-corrected chi connectivity index (χ0v) is 8.78. The summed E-state index contributed by atoms with van der Waals surface area (Å²) in [6.07, 6.45) is 0. The second-order valence-corrected chi connectivity index (χ2v) is 3.05. The Hall–Kier alpha value is -0.910. The molecular weight excluding hydrogens is 184 g/mol. The highest BCUT2D eigenvalue weighted by molar-refractivity contribution is 5.23. The largest absolute Gasteiger partial charge is 0.392 e. The van der Waals surface area contributed by atoms with Crippen LogP contribution in [0, 0.1) is 6.92 Å². The Balaban J connectivity index is 2.73. The molecule has 0 radical (unpaired) electrons. The van der Waals surface area contributed by atoms with Crippen LogP contribution >= 0.6 is 0 Å². The number of methoxy groups -OCH3 is 1. The minimum Gasteiger partial charge on any atom is -0.392 e. The van der Waals surface area contributed by atoms with Crippen molar-refractivity contribution >= 4 is 0 Å². The van der Waals surface area contributed by atoms with Crippen molar-refractivity contribution in [3.63, 3.8) is 0 Å². The highest BCUT2D eigenvalue weighted by Crippen LogP contribution is 2.13. The topological polar surface area (TPSA) is 56.5 Å². The lowest BCUT2D eigenvalue weighted by atomic mass is 10.2. The quantitative estimate of drug-likeness (QED) is 0.550. The molecule has 1 N–H and O–H groups in total. The van der Waals surface area contributed by atoms with Crippen molar-refractivity contribution in [1.29, 1.82) is 0 Å². The van der Waals surface area contributed by atoms with E-state index in [-0.39, 0.29) is 13.4 Å². The predicted molar refractivity (Wildman–Crippen MR) is 50.5 cm³/mol. The zero-order valence-electron chi connectivity index (χ0n) is 8.78. The van der Waals surface area contributed by atoms with Crippen molar-refractivity contribution in [2.75, 3.05) is 13.9 Å². The van der Waals surface area contributed by atoms with E-state index in [1.807, 2.05) is 14.0 Å². The molecule has 0 saturated carbocycles. The van der Waals surface area contributed by atoms with Gasteiger partial charge < -0.3 is 14.6 Å². The number of ether oxygens (including phenoxy) is 2. The number of aromatic nitrogens is 2. The van der Waals surface area contributed by atoms with Crippen molar-refractivity contribution in [2.24, 2.45) is 7.05 Å². The maximum atomic E-state index is 9.13. The minimum atomic E-state index is -0.00858. The fraction of sp³-hybridized carbons (Fsp3) is 0.667. The van der Waals surface area contributed by atoms with Crippen LogP contribution in [0.3, 0.4) is 0 Å². The van der Waals surface area contributed by atoms with Gasteiger partial charge >= 0.3 is 0 Å². The monoisotopic (exact) mass is 200 g/mol. The fourth-order valence-corrected chi connectivity index (χ4v) is 1.36. The van der Waals surface area contributed by atoms with Gasteiger partial charge in [0.1, 0.15) is 6.79 Å². The van der Waals surface area contributed by atoms with Crippen LogP contribution < -0.4 is 0 Å². The van der Waals surface area contributed by atoms with Crippen LogP contribution in [-0.4, -0.2) is 28.8 Å². The van der Waals surface area contributed by atoms with Crippen molar-refractivity contribution in [3.8, 4) is 0 Å². The maximum Gasteiger partial charge on any atom is 0.146 e. The first kappa shape index (κ1) is 11.2. The molecule has 0 aliphatic rings. The van der Waals surface area contributed by atoms with Gasteiger partial charge in [0.25, 0.3) is 0 Å². The Morgan fingerprint density at radius 1 is 1.50 bits per heavy atom. The van der Waals surface area contributed by atoms with Gasteiger partial charge in [-0.15, -0.1) is 0 Å². The molecule has 5 heteroatoms. The molecule has 0 bridgehead atoms. The number of hydrogen-bond donors (Lipinski definition) is 1. The molecule has 0 amide bonds. The number of hydrogen-bond acceptors (Lipinski definition) is 4. The number of nitrogens with zero attached hydrogens (tertiary/aromatic N) is 2. The number of aliphatic hydroxyl groups is 1. The maximum absolute atomic E-state index is 9.13. The van der Waals surface area contributed by atoms with Gasteiger partial charge in [-0.2, -0.15) is 5.10 Å². The zero-order chi connectivity index (χ0) is 10.6. The summed E-state index contributed by atoms with van der Waals surface area (Å²) in [5.74, 6) is 0. The van der Waals surface area contributed by atoms with Crippen LogP contribution in [-0.2, 0) is 29.7 Å². The first-order valence-corrected chi connectivity index (χ1v) is 4.39. The van der Waals surface area contributed by atoms with Gasteiger partial charge in [0, 0.05) is 19.7 Å². The van der Waals surface area contributed by atoms with E-state index >= 15 is 0 Å². The molecule has 0 atom stereocenters. The minimum absolute atomic E-state index is 0.00858. The van der Waals surface area contributed by atoms with E-state index < -0.39 is 0 Å². The van der Waals surface area contributed by atoms with E-state index in [0.29, 0.717) is 6.61 Å². The van der Waals surface area contributed by atoms with E-state index in [4.69, 9.17) is 14.6 Å². The molecule has 80 valence electrons. The molecule has 0 spiro atoms. The molecule has 1 heterocycles. The summed E-state index contributed by atoms with van der Waals surface area (Å²) in [7, 11) is 3.40. The van der Waals surface area contributed by atoms with E-state index in [2.05, 4.69) is 5.10 Å². The summed E-state index contributed by atoms with van der Waals surface area (Å²) in [6.45, 7) is 2.51. The second kappa shape index (κ2) is 5.09. The van der Waals surface area contributed by atoms with Gasteiger partial charge in [-0.3, -0.25) is 4.68 Å². The summed E-state index contributed by atoms with van der Waals surface area (Å²) in [5.41, 5.74) is 2.57. The summed E-state index contributed by atoms with van der Waals surface area (Å²) in [6, 6.07) is 0. The molecule has 0 unspecified atom stereocenters. The van der Waals surface area contributed by atoms with E-state index in [1.165, 1.54) is 0 Å². The summed E-state index contributed by atoms with van der Waals surface area (Å²) >= 11 is 0. The third kappa shape index (κ3) is 2.31. The third-order valence-corrected chi connectivity index (χ3v) is 2.07. The van der Waals surface area contributed by atoms with Crippen LogP contribution in [0.4, 0.5) is 0 Å². The van der Waals surface area contributed by atoms with Crippen LogP contribution in [0.1, 0.15) is 17.0 Å². The average Bonchev–Trinajstić information content (AvgIpc) is 2.42. The molecule has 1 aromatic heterocycles. The number of rotatable bonds is 5. The standard InChI is InChI=1S/C9H16N2O3/c1-7-8(4-12)9(11(2)10-7)5-14-6-13-3/h12H,4-6H2,1-3H3. The van der Waals surface area contributed by atoms with Gasteiger partial charge in [-0.1, -0.05) is 0 Å². The third-order valence-electron chi connectivity index (χ3n) is 2.07. The molecule has 0 fully saturated rings. The predicted octanol–water partition coefficient (Wildman–Crippen LogP) is 0.341. The first-order valence-electron chi connectivity index (χ1n) is 4.39. The molecule has 14 heavy (non-hydrogen) atoms. The van der Waals surface area contributed by atoms with Crippen LogP contribution in [0.5, 0.6) is 0 Å². The van der Waals surface area contributed by atoms with Crippen molar-refractivity contribution in [3.05, 3.63) is 17.0 Å². The Morgan fingerprint density at radius 2 is 2.21 bits per heavy atom.